The van der Waals surface area contributed by atoms with E-state index in [1.54, 1.807) is 31.4 Å². The van der Waals surface area contributed by atoms with Crippen LogP contribution in [0.3, 0.4) is 0 Å². The van der Waals surface area contributed by atoms with Gasteiger partial charge in [-0.1, -0.05) is 31.2 Å². The van der Waals surface area contributed by atoms with Gasteiger partial charge in [0.15, 0.2) is 0 Å². The van der Waals surface area contributed by atoms with Crippen molar-refractivity contribution in [3.8, 4) is 0 Å². The number of rotatable bonds is 7. The summed E-state index contributed by atoms with van der Waals surface area (Å²) >= 11 is 0. The lowest BCUT2D eigenvalue weighted by molar-refractivity contribution is -0.0119. The van der Waals surface area contributed by atoms with Crippen LogP contribution in [0.5, 0.6) is 0 Å². The Balaban J connectivity index is 1.73. The molecule has 1 unspecified atom stereocenters. The maximum Gasteiger partial charge on any atom is 0.123 e. The molecule has 6 heteroatoms. The van der Waals surface area contributed by atoms with E-state index in [2.05, 4.69) is 24.4 Å². The molecule has 4 rings (SSSR count). The number of hydrogen-bond donors (Lipinski definition) is 1. The molecule has 2 bridgehead atoms. The summed E-state index contributed by atoms with van der Waals surface area (Å²) < 4.78 is 34.0. The van der Waals surface area contributed by atoms with Crippen molar-refractivity contribution in [3.05, 3.63) is 82.6 Å². The fourth-order valence-corrected chi connectivity index (χ4v) is 5.03. The number of fused-ring (bicyclic) bond motifs is 2. The number of ether oxygens (including phenoxy) is 1. The lowest BCUT2D eigenvalue weighted by Gasteiger charge is -2.41. The van der Waals surface area contributed by atoms with Gasteiger partial charge in [-0.15, -0.1) is 0 Å². The van der Waals surface area contributed by atoms with E-state index in [0.717, 1.165) is 42.5 Å². The number of benzene rings is 2. The van der Waals surface area contributed by atoms with Gasteiger partial charge in [0.05, 0.1) is 13.2 Å². The van der Waals surface area contributed by atoms with Crippen LogP contribution in [0.15, 0.2) is 59.8 Å². The SMILES string of the molecule is CCC(NOC)=C1[C@H]2CCC(C[C@H]1OC(c1ccc(F)cc1)c1ccc(F)cc1)N2C. The van der Waals surface area contributed by atoms with E-state index in [-0.39, 0.29) is 17.7 Å². The first-order valence-corrected chi connectivity index (χ1v) is 10.9. The third kappa shape index (κ3) is 4.52. The van der Waals surface area contributed by atoms with Gasteiger partial charge in [0.1, 0.15) is 17.7 Å². The molecule has 2 aromatic carbocycles. The maximum absolute atomic E-state index is 13.6. The van der Waals surface area contributed by atoms with Crippen molar-refractivity contribution in [2.24, 2.45) is 0 Å². The molecule has 0 spiro atoms. The van der Waals surface area contributed by atoms with Crippen molar-refractivity contribution >= 4 is 0 Å². The van der Waals surface area contributed by atoms with Gasteiger partial charge in [-0.3, -0.25) is 15.2 Å². The van der Waals surface area contributed by atoms with Crippen LogP contribution in [0.25, 0.3) is 0 Å². The summed E-state index contributed by atoms with van der Waals surface area (Å²) in [6.45, 7) is 2.10. The highest BCUT2D eigenvalue weighted by atomic mass is 19.1. The molecular formula is C25H30F2N2O2. The van der Waals surface area contributed by atoms with Gasteiger partial charge in [0.25, 0.3) is 0 Å². The molecule has 4 nitrogen and oxygen atoms in total. The van der Waals surface area contributed by atoms with E-state index in [4.69, 9.17) is 9.57 Å². The van der Waals surface area contributed by atoms with Crippen LogP contribution in [0.1, 0.15) is 49.8 Å². The molecule has 0 aliphatic carbocycles. The van der Waals surface area contributed by atoms with E-state index >= 15 is 0 Å². The quantitative estimate of drug-likeness (QED) is 0.621. The molecule has 2 aliphatic rings. The summed E-state index contributed by atoms with van der Waals surface area (Å²) in [5, 5.41) is 0. The lowest BCUT2D eigenvalue weighted by atomic mass is 9.90. The van der Waals surface area contributed by atoms with Crippen molar-refractivity contribution in [1.82, 2.24) is 10.4 Å². The Bertz CT molecular complexity index is 869. The van der Waals surface area contributed by atoms with Crippen LogP contribution in [0.2, 0.25) is 0 Å². The van der Waals surface area contributed by atoms with Gasteiger partial charge < -0.3 is 4.74 Å². The van der Waals surface area contributed by atoms with Crippen molar-refractivity contribution in [1.29, 1.82) is 0 Å². The Kier molecular flexibility index (Phi) is 6.70. The molecule has 0 amide bonds. The molecule has 1 N–H and O–H groups in total. The number of nitrogens with one attached hydrogen (secondary N) is 1. The number of likely N-dealkylation sites (N-methyl/N-ethyl adjacent to an activating group) is 1. The zero-order valence-electron chi connectivity index (χ0n) is 18.3. The van der Waals surface area contributed by atoms with Gasteiger partial charge in [-0.2, -0.15) is 0 Å². The van der Waals surface area contributed by atoms with Crippen molar-refractivity contribution < 1.29 is 18.4 Å². The van der Waals surface area contributed by atoms with Crippen LogP contribution in [0, 0.1) is 11.6 Å². The Morgan fingerprint density at radius 1 is 1.03 bits per heavy atom. The second kappa shape index (κ2) is 9.47. The van der Waals surface area contributed by atoms with E-state index in [0.29, 0.717) is 12.1 Å². The number of piperidine rings is 1. The number of hydrogen-bond acceptors (Lipinski definition) is 4. The van der Waals surface area contributed by atoms with Gasteiger partial charge in [0.2, 0.25) is 0 Å². The van der Waals surface area contributed by atoms with Gasteiger partial charge in [-0.25, -0.2) is 8.78 Å². The second-order valence-corrected chi connectivity index (χ2v) is 8.35. The Hall–Kier alpha value is -2.28. The second-order valence-electron chi connectivity index (χ2n) is 8.35. The smallest absolute Gasteiger partial charge is 0.123 e. The van der Waals surface area contributed by atoms with Crippen LogP contribution in [0.4, 0.5) is 8.78 Å². The van der Waals surface area contributed by atoms with E-state index < -0.39 is 6.10 Å². The molecule has 2 aromatic rings. The molecule has 3 atom stereocenters. The average Bonchev–Trinajstić information content (AvgIpc) is 3.01. The van der Waals surface area contributed by atoms with E-state index in [1.165, 1.54) is 29.8 Å². The van der Waals surface area contributed by atoms with Gasteiger partial charge in [-0.05, 0) is 73.7 Å². The monoisotopic (exact) mass is 428 g/mol. The minimum atomic E-state index is -0.426. The summed E-state index contributed by atoms with van der Waals surface area (Å²) in [5.41, 5.74) is 7.03. The normalized spacial score (nSPS) is 25.2. The third-order valence-corrected chi connectivity index (χ3v) is 6.61. The van der Waals surface area contributed by atoms with E-state index in [9.17, 15) is 8.78 Å². The van der Waals surface area contributed by atoms with Crippen molar-refractivity contribution in [2.75, 3.05) is 14.2 Å². The van der Waals surface area contributed by atoms with Crippen LogP contribution >= 0.6 is 0 Å². The van der Waals surface area contributed by atoms with Crippen LogP contribution < -0.4 is 5.48 Å². The molecule has 0 aromatic heterocycles. The number of halogens is 2. The lowest BCUT2D eigenvalue weighted by Crippen LogP contribution is -2.46. The standard InChI is InChI=1S/C25H30F2N2O2/c1-4-21(28-30-3)24-22-14-13-20(29(22)2)15-23(24)31-25(16-5-9-18(26)10-6-16)17-7-11-19(27)12-8-17/h5-12,20,22-23,25,28H,4,13-15H2,1-3H3/t20?,22-,23-/m1/s1. The number of nitrogens with zero attached hydrogens (tertiary/aromatic N) is 1. The van der Waals surface area contributed by atoms with Crippen LogP contribution in [-0.2, 0) is 9.57 Å². The fourth-order valence-electron chi connectivity index (χ4n) is 5.03. The molecule has 166 valence electrons. The van der Waals surface area contributed by atoms with Crippen LogP contribution in [-0.4, -0.2) is 37.2 Å². The Morgan fingerprint density at radius 3 is 2.13 bits per heavy atom. The molecule has 2 fully saturated rings. The van der Waals surface area contributed by atoms with E-state index in [1.807, 2.05) is 0 Å². The largest absolute Gasteiger partial charge is 0.361 e. The van der Waals surface area contributed by atoms with Crippen molar-refractivity contribution in [3.63, 3.8) is 0 Å². The third-order valence-electron chi connectivity index (χ3n) is 6.61. The Morgan fingerprint density at radius 2 is 1.61 bits per heavy atom. The predicted molar refractivity (Wildman–Crippen MR) is 116 cm³/mol. The number of allylic oxidation sites excluding steroid dienone is 1. The topological polar surface area (TPSA) is 33.7 Å². The highest BCUT2D eigenvalue weighted by Crippen LogP contribution is 2.43. The molecule has 2 heterocycles. The summed E-state index contributed by atoms with van der Waals surface area (Å²) in [7, 11) is 3.80. The van der Waals surface area contributed by atoms with Gasteiger partial charge in [0, 0.05) is 17.8 Å². The predicted octanol–water partition coefficient (Wildman–Crippen LogP) is 5.12. The molecule has 0 saturated carbocycles. The summed E-state index contributed by atoms with van der Waals surface area (Å²) in [5.74, 6) is -0.589. The highest BCUT2D eigenvalue weighted by Gasteiger charge is 2.44. The molecule has 31 heavy (non-hydrogen) atoms. The Labute approximate surface area is 182 Å². The zero-order valence-corrected chi connectivity index (χ0v) is 18.3. The molecular weight excluding hydrogens is 398 g/mol. The van der Waals surface area contributed by atoms with Crippen molar-refractivity contribution in [2.45, 2.75) is 56.9 Å². The first-order valence-electron chi connectivity index (χ1n) is 10.9. The average molecular weight is 429 g/mol. The summed E-state index contributed by atoms with van der Waals surface area (Å²) in [6, 6.07) is 13.5. The molecule has 2 saturated heterocycles. The summed E-state index contributed by atoms with van der Waals surface area (Å²) in [4.78, 5) is 7.71. The zero-order chi connectivity index (χ0) is 22.0. The maximum atomic E-state index is 13.6. The summed E-state index contributed by atoms with van der Waals surface area (Å²) in [6.07, 6.45) is 3.34. The van der Waals surface area contributed by atoms with Gasteiger partial charge >= 0.3 is 0 Å². The number of hydroxylamine groups is 1. The molecule has 0 radical (unpaired) electrons. The first-order chi connectivity index (χ1) is 15.0. The minimum absolute atomic E-state index is 0.119. The highest BCUT2D eigenvalue weighted by molar-refractivity contribution is 5.33. The fraction of sp³-hybridized carbons (Fsp3) is 0.440. The minimum Gasteiger partial charge on any atom is -0.361 e. The first kappa shape index (κ1) is 21.9. The molecule has 2 aliphatic heterocycles.